The van der Waals surface area contributed by atoms with Gasteiger partial charge in [-0.15, -0.1) is 11.3 Å². The van der Waals surface area contributed by atoms with Crippen molar-refractivity contribution in [3.63, 3.8) is 0 Å². The summed E-state index contributed by atoms with van der Waals surface area (Å²) in [6.45, 7) is 10.8. The first-order valence-electron chi connectivity index (χ1n) is 11.5. The Balaban J connectivity index is 1.53. The summed E-state index contributed by atoms with van der Waals surface area (Å²) in [7, 11) is 2.14. The monoisotopic (exact) mass is 490 g/mol. The van der Waals surface area contributed by atoms with Crippen molar-refractivity contribution < 1.29 is 4.79 Å². The highest BCUT2D eigenvalue weighted by Crippen LogP contribution is 2.28. The number of hydrogen-bond donors (Lipinski definition) is 1. The van der Waals surface area contributed by atoms with Crippen molar-refractivity contribution in [3.8, 4) is 17.3 Å². The molecule has 9 nitrogen and oxygen atoms in total. The lowest BCUT2D eigenvalue weighted by molar-refractivity contribution is 0.0969. The second kappa shape index (κ2) is 10.5. The van der Waals surface area contributed by atoms with Gasteiger partial charge in [0.2, 0.25) is 0 Å². The number of hydrogen-bond acceptors (Lipinski definition) is 9. The lowest BCUT2D eigenvalue weighted by Crippen LogP contribution is -2.47. The van der Waals surface area contributed by atoms with Crippen LogP contribution in [0.1, 0.15) is 36.8 Å². The highest BCUT2D eigenvalue weighted by atomic mass is 32.1. The number of likely N-dealkylation sites (N-methyl/N-ethyl adjacent to an activating group) is 1. The van der Waals surface area contributed by atoms with E-state index in [0.717, 1.165) is 42.6 Å². The van der Waals surface area contributed by atoms with Gasteiger partial charge >= 0.3 is 0 Å². The first-order valence-corrected chi connectivity index (χ1v) is 12.4. The molecular weight excluding hydrogens is 460 g/mol. The third-order valence-corrected chi connectivity index (χ3v) is 6.53. The average molecular weight is 491 g/mol. The van der Waals surface area contributed by atoms with Gasteiger partial charge in [0, 0.05) is 49.2 Å². The molecule has 4 rings (SSSR count). The number of nitriles is 1. The average Bonchev–Trinajstić information content (AvgIpc) is 3.34. The van der Waals surface area contributed by atoms with Gasteiger partial charge in [-0.2, -0.15) is 5.26 Å². The van der Waals surface area contributed by atoms with Crippen LogP contribution in [0.5, 0.6) is 0 Å². The van der Waals surface area contributed by atoms with Crippen LogP contribution >= 0.6 is 11.3 Å². The third kappa shape index (κ3) is 6.19. The molecule has 0 atom stereocenters. The maximum absolute atomic E-state index is 13.4. The molecule has 0 radical (unpaired) electrons. The lowest BCUT2D eigenvalue weighted by atomic mass is 9.97. The molecule has 3 heterocycles. The van der Waals surface area contributed by atoms with Crippen molar-refractivity contribution >= 4 is 28.2 Å². The summed E-state index contributed by atoms with van der Waals surface area (Å²) in [5.74, 6) is 0.000268. The topological polar surface area (TPSA) is 101 Å². The summed E-state index contributed by atoms with van der Waals surface area (Å²) in [6.07, 6.45) is 2.84. The molecule has 1 aliphatic rings. The Hall–Kier alpha value is -3.39. The van der Waals surface area contributed by atoms with E-state index in [4.69, 9.17) is 4.98 Å². The minimum Gasteiger partial charge on any atom is -0.346 e. The molecule has 3 aromatic rings. The Morgan fingerprint density at radius 3 is 2.51 bits per heavy atom. The number of amides is 1. The van der Waals surface area contributed by atoms with Gasteiger partial charge < -0.3 is 9.80 Å². The quantitative estimate of drug-likeness (QED) is 0.525. The minimum atomic E-state index is -0.276. The first kappa shape index (κ1) is 24.7. The number of carbonyl (C=O) groups excluding carboxylic acids is 1. The van der Waals surface area contributed by atoms with Crippen LogP contribution in [-0.4, -0.2) is 65.5 Å². The number of nitrogens with zero attached hydrogens (tertiary/aromatic N) is 7. The van der Waals surface area contributed by atoms with Gasteiger partial charge in [-0.05, 0) is 24.6 Å². The van der Waals surface area contributed by atoms with E-state index in [1.807, 2.05) is 18.2 Å². The number of hydrazine groups is 1. The molecule has 1 N–H and O–H groups in total. The summed E-state index contributed by atoms with van der Waals surface area (Å²) in [6, 6.07) is 9.38. The van der Waals surface area contributed by atoms with E-state index in [2.05, 4.69) is 58.4 Å². The van der Waals surface area contributed by atoms with Gasteiger partial charge in [-0.1, -0.05) is 32.9 Å². The molecule has 1 aromatic carbocycles. The second-order valence-electron chi connectivity index (χ2n) is 9.79. The molecule has 10 heteroatoms. The van der Waals surface area contributed by atoms with Gasteiger partial charge in [0.05, 0.1) is 18.1 Å². The summed E-state index contributed by atoms with van der Waals surface area (Å²) < 4.78 is 0. The predicted octanol–water partition coefficient (Wildman–Crippen LogP) is 3.42. The zero-order valence-electron chi connectivity index (χ0n) is 20.5. The molecule has 35 heavy (non-hydrogen) atoms. The van der Waals surface area contributed by atoms with Crippen molar-refractivity contribution in [2.24, 2.45) is 5.41 Å². The van der Waals surface area contributed by atoms with Gasteiger partial charge in [-0.25, -0.2) is 20.4 Å². The molecule has 0 spiro atoms. The molecule has 182 valence electrons. The van der Waals surface area contributed by atoms with Crippen LogP contribution < -0.4 is 15.3 Å². The van der Waals surface area contributed by atoms with Crippen LogP contribution in [-0.2, 0) is 0 Å². The summed E-state index contributed by atoms with van der Waals surface area (Å²) in [5.41, 5.74) is 5.59. The predicted molar refractivity (Wildman–Crippen MR) is 138 cm³/mol. The van der Waals surface area contributed by atoms with E-state index in [1.54, 1.807) is 23.5 Å². The van der Waals surface area contributed by atoms with Crippen molar-refractivity contribution in [2.75, 3.05) is 49.7 Å². The van der Waals surface area contributed by atoms with E-state index in [9.17, 15) is 10.1 Å². The van der Waals surface area contributed by atoms with E-state index in [0.29, 0.717) is 12.1 Å². The Kier molecular flexibility index (Phi) is 7.40. The number of anilines is 2. The molecule has 0 saturated carbocycles. The molecule has 1 amide bonds. The van der Waals surface area contributed by atoms with Gasteiger partial charge in [0.1, 0.15) is 6.07 Å². The maximum Gasteiger partial charge on any atom is 0.274 e. The normalized spacial score (nSPS) is 14.5. The largest absolute Gasteiger partial charge is 0.346 e. The number of nitrogens with one attached hydrogen (secondary N) is 1. The minimum absolute atomic E-state index is 0.0746. The van der Waals surface area contributed by atoms with Gasteiger partial charge in [0.25, 0.3) is 5.91 Å². The van der Waals surface area contributed by atoms with Crippen LogP contribution in [0.2, 0.25) is 0 Å². The molecule has 1 aliphatic heterocycles. The Bertz CT molecular complexity index is 1200. The lowest BCUT2D eigenvalue weighted by Gasteiger charge is -2.32. The fourth-order valence-electron chi connectivity index (χ4n) is 3.54. The fraction of sp³-hybridized carbons (Fsp3) is 0.400. The molecule has 1 fully saturated rings. The van der Waals surface area contributed by atoms with Crippen LogP contribution in [0.25, 0.3) is 11.3 Å². The molecule has 0 aliphatic carbocycles. The van der Waals surface area contributed by atoms with Crippen molar-refractivity contribution in [1.29, 1.82) is 5.26 Å². The van der Waals surface area contributed by atoms with Gasteiger partial charge in [-0.3, -0.25) is 9.78 Å². The summed E-state index contributed by atoms with van der Waals surface area (Å²) in [5, 5.41) is 13.7. The maximum atomic E-state index is 13.4. The molecule has 0 unspecified atom stereocenters. The van der Waals surface area contributed by atoms with Crippen molar-refractivity contribution in [3.05, 3.63) is 53.3 Å². The van der Waals surface area contributed by atoms with E-state index >= 15 is 0 Å². The summed E-state index contributed by atoms with van der Waals surface area (Å²) >= 11 is 1.65. The van der Waals surface area contributed by atoms with Crippen LogP contribution in [0.4, 0.5) is 10.9 Å². The highest BCUT2D eigenvalue weighted by molar-refractivity contribution is 7.14. The summed E-state index contributed by atoms with van der Waals surface area (Å²) in [4.78, 5) is 31.2. The van der Waals surface area contributed by atoms with Crippen LogP contribution in [0.3, 0.4) is 0 Å². The third-order valence-electron chi connectivity index (χ3n) is 5.63. The number of aromatic nitrogens is 3. The standard InChI is InChI=1S/C25H30N8OS/c1-25(2,3)17-28-33(22-15-27-14-20(13-26)29-22)23(34)19-7-5-18(6-8-19)21-16-35-24(30-21)32-11-9-31(4)10-12-32/h5-8,14-16,28H,9-12,17H2,1-4H3. The Labute approximate surface area is 210 Å². The zero-order chi connectivity index (χ0) is 25.0. The molecule has 2 aromatic heterocycles. The molecule has 0 bridgehead atoms. The van der Waals surface area contributed by atoms with Crippen molar-refractivity contribution in [2.45, 2.75) is 20.8 Å². The highest BCUT2D eigenvalue weighted by Gasteiger charge is 2.23. The van der Waals surface area contributed by atoms with Crippen molar-refractivity contribution in [1.82, 2.24) is 25.3 Å². The first-order chi connectivity index (χ1) is 16.7. The number of thiazole rings is 1. The van der Waals surface area contributed by atoms with E-state index in [1.165, 1.54) is 17.4 Å². The fourth-order valence-corrected chi connectivity index (χ4v) is 4.43. The van der Waals surface area contributed by atoms with E-state index < -0.39 is 0 Å². The smallest absolute Gasteiger partial charge is 0.274 e. The van der Waals surface area contributed by atoms with Crippen LogP contribution in [0.15, 0.2) is 42.0 Å². The molecule has 1 saturated heterocycles. The van der Waals surface area contributed by atoms with Gasteiger partial charge in [0.15, 0.2) is 16.6 Å². The SMILES string of the molecule is CN1CCN(c2nc(-c3ccc(C(=O)N(NCC(C)(C)C)c4cncc(C#N)n4)cc3)cs2)CC1. The van der Waals surface area contributed by atoms with Crippen LogP contribution in [0, 0.1) is 16.7 Å². The number of piperazine rings is 1. The number of benzene rings is 1. The molecular formula is C25H30N8OS. The Morgan fingerprint density at radius 1 is 1.14 bits per heavy atom. The number of carbonyl (C=O) groups is 1. The zero-order valence-corrected chi connectivity index (χ0v) is 21.3. The number of rotatable bonds is 6. The van der Waals surface area contributed by atoms with E-state index in [-0.39, 0.29) is 22.8 Å². The Morgan fingerprint density at radius 2 is 1.86 bits per heavy atom. The second-order valence-corrected chi connectivity index (χ2v) is 10.6.